The number of hydrogen-bond acceptors (Lipinski definition) is 7. The van der Waals surface area contributed by atoms with Crippen LogP contribution >= 0.6 is 15.9 Å². The first-order chi connectivity index (χ1) is 16.1. The second-order valence-corrected chi connectivity index (χ2v) is 9.11. The minimum absolute atomic E-state index is 0.0584. The molecule has 3 N–H and O–H groups in total. The van der Waals surface area contributed by atoms with Gasteiger partial charge in [-0.15, -0.1) is 0 Å². The van der Waals surface area contributed by atoms with Crippen LogP contribution in [0.15, 0.2) is 57.1 Å². The Morgan fingerprint density at radius 1 is 1.06 bits per heavy atom. The van der Waals surface area contributed by atoms with Crippen LogP contribution in [0.25, 0.3) is 10.9 Å². The second-order valence-electron chi connectivity index (χ2n) is 8.20. The van der Waals surface area contributed by atoms with Crippen molar-refractivity contribution in [2.24, 2.45) is 10.1 Å². The number of aromatic amines is 1. The van der Waals surface area contributed by atoms with Gasteiger partial charge in [-0.05, 0) is 18.2 Å². The number of oxime groups is 1. The zero-order valence-corrected chi connectivity index (χ0v) is 19.8. The van der Waals surface area contributed by atoms with Crippen molar-refractivity contribution in [1.29, 1.82) is 0 Å². The van der Waals surface area contributed by atoms with E-state index in [4.69, 9.17) is 14.9 Å². The molecule has 33 heavy (non-hydrogen) atoms. The summed E-state index contributed by atoms with van der Waals surface area (Å²) in [5.41, 5.74) is 4.35. The maximum atomic E-state index is 10.7. The van der Waals surface area contributed by atoms with Gasteiger partial charge in [0.25, 0.3) is 0 Å². The number of benzene rings is 2. The molecule has 0 atom stereocenters. The molecule has 2 aromatic carbocycles. The summed E-state index contributed by atoms with van der Waals surface area (Å²) in [6.07, 6.45) is 0. The van der Waals surface area contributed by atoms with Gasteiger partial charge >= 0.3 is 0 Å². The van der Waals surface area contributed by atoms with Crippen LogP contribution in [0.5, 0.6) is 5.88 Å². The third-order valence-corrected chi connectivity index (χ3v) is 6.62. The number of para-hydroxylation sites is 1. The first kappa shape index (κ1) is 22.1. The molecule has 0 spiro atoms. The largest absolute Gasteiger partial charge is 0.494 e. The summed E-state index contributed by atoms with van der Waals surface area (Å²) in [6.45, 7) is 6.00. The van der Waals surface area contributed by atoms with Crippen LogP contribution in [0, 0.1) is 0 Å². The standard InChI is InChI=1S/C24H26BrN5O3/c25-16-5-6-17-20(15-16)27-24(32)21(17)23-22(18-3-1-2-4-19(18)26-23)28-33-14-12-30-9-7-29(8-10-30)11-13-31/h1-6,15,27,31-32H,7-14H2. The summed E-state index contributed by atoms with van der Waals surface area (Å²) in [5.74, 6) is 0.0584. The Kier molecular flexibility index (Phi) is 6.45. The van der Waals surface area contributed by atoms with E-state index in [0.29, 0.717) is 23.6 Å². The zero-order chi connectivity index (χ0) is 22.8. The van der Waals surface area contributed by atoms with E-state index < -0.39 is 0 Å². The molecular formula is C24H26BrN5O3. The van der Waals surface area contributed by atoms with Crippen molar-refractivity contribution < 1.29 is 15.1 Å². The van der Waals surface area contributed by atoms with Gasteiger partial charge in [0, 0.05) is 54.7 Å². The highest BCUT2D eigenvalue weighted by Gasteiger charge is 2.29. The Hall–Kier alpha value is -2.72. The van der Waals surface area contributed by atoms with Crippen molar-refractivity contribution in [3.63, 3.8) is 0 Å². The summed E-state index contributed by atoms with van der Waals surface area (Å²) in [4.78, 5) is 18.2. The van der Waals surface area contributed by atoms with Gasteiger partial charge in [-0.1, -0.05) is 45.4 Å². The fourth-order valence-electron chi connectivity index (χ4n) is 4.39. The molecule has 1 fully saturated rings. The number of nitrogens with zero attached hydrogens (tertiary/aromatic N) is 4. The van der Waals surface area contributed by atoms with Crippen molar-refractivity contribution in [2.75, 3.05) is 52.5 Å². The van der Waals surface area contributed by atoms with E-state index in [-0.39, 0.29) is 12.5 Å². The highest BCUT2D eigenvalue weighted by molar-refractivity contribution is 9.10. The maximum Gasteiger partial charge on any atom is 0.199 e. The van der Waals surface area contributed by atoms with Crippen LogP contribution in [0.4, 0.5) is 5.69 Å². The molecule has 2 aliphatic rings. The molecule has 3 aromatic rings. The summed E-state index contributed by atoms with van der Waals surface area (Å²) < 4.78 is 0.925. The van der Waals surface area contributed by atoms with Crippen LogP contribution in [0.3, 0.4) is 0 Å². The highest BCUT2D eigenvalue weighted by atomic mass is 79.9. The number of piperazine rings is 1. The maximum absolute atomic E-state index is 10.7. The molecule has 0 aliphatic carbocycles. The van der Waals surface area contributed by atoms with E-state index in [1.54, 1.807) is 0 Å². The number of aliphatic hydroxyl groups excluding tert-OH is 1. The molecule has 0 saturated carbocycles. The lowest BCUT2D eigenvalue weighted by Crippen LogP contribution is -2.47. The molecule has 2 aliphatic heterocycles. The number of rotatable bonds is 7. The molecule has 3 heterocycles. The first-order valence-electron chi connectivity index (χ1n) is 11.1. The number of nitrogens with one attached hydrogen (secondary N) is 1. The molecular weight excluding hydrogens is 486 g/mol. The molecule has 9 heteroatoms. The third kappa shape index (κ3) is 4.54. The molecule has 1 aromatic heterocycles. The summed E-state index contributed by atoms with van der Waals surface area (Å²) in [6, 6.07) is 13.6. The lowest BCUT2D eigenvalue weighted by molar-refractivity contribution is 0.0730. The second kappa shape index (κ2) is 9.64. The van der Waals surface area contributed by atoms with E-state index in [0.717, 1.165) is 65.9 Å². The quantitative estimate of drug-likeness (QED) is 0.334. The van der Waals surface area contributed by atoms with Crippen LogP contribution in [0.2, 0.25) is 0 Å². The van der Waals surface area contributed by atoms with Gasteiger partial charge < -0.3 is 20.0 Å². The van der Waals surface area contributed by atoms with Gasteiger partial charge in [-0.3, -0.25) is 9.80 Å². The fraction of sp³-hybridized carbons (Fsp3) is 0.333. The number of aliphatic imine (C=N–C) groups is 1. The van der Waals surface area contributed by atoms with Gasteiger partial charge in [0.05, 0.1) is 23.4 Å². The van der Waals surface area contributed by atoms with Gasteiger partial charge in [-0.25, -0.2) is 4.99 Å². The minimum atomic E-state index is 0.0584. The van der Waals surface area contributed by atoms with E-state index >= 15 is 0 Å². The number of halogens is 1. The lowest BCUT2D eigenvalue weighted by Gasteiger charge is -2.33. The normalized spacial score (nSPS) is 18.1. The van der Waals surface area contributed by atoms with Crippen molar-refractivity contribution in [3.8, 4) is 5.88 Å². The van der Waals surface area contributed by atoms with Gasteiger partial charge in [0.1, 0.15) is 18.0 Å². The van der Waals surface area contributed by atoms with Crippen molar-refractivity contribution in [3.05, 3.63) is 58.1 Å². The predicted molar refractivity (Wildman–Crippen MR) is 133 cm³/mol. The van der Waals surface area contributed by atoms with Crippen LogP contribution < -0.4 is 0 Å². The minimum Gasteiger partial charge on any atom is -0.494 e. The van der Waals surface area contributed by atoms with Crippen molar-refractivity contribution in [2.45, 2.75) is 0 Å². The summed E-state index contributed by atoms with van der Waals surface area (Å²) in [5, 5.41) is 25.1. The van der Waals surface area contributed by atoms with E-state index in [9.17, 15) is 5.11 Å². The van der Waals surface area contributed by atoms with Crippen LogP contribution in [-0.4, -0.2) is 88.9 Å². The number of fused-ring (bicyclic) bond motifs is 2. The van der Waals surface area contributed by atoms with Gasteiger partial charge in [0.15, 0.2) is 5.88 Å². The molecule has 8 nitrogen and oxygen atoms in total. The topological polar surface area (TPSA) is 96.7 Å². The van der Waals surface area contributed by atoms with Gasteiger partial charge in [0.2, 0.25) is 0 Å². The zero-order valence-electron chi connectivity index (χ0n) is 18.2. The van der Waals surface area contributed by atoms with E-state index in [1.807, 2.05) is 42.5 Å². The van der Waals surface area contributed by atoms with E-state index in [2.05, 4.69) is 35.9 Å². The number of aromatic nitrogens is 1. The Morgan fingerprint density at radius 2 is 1.82 bits per heavy atom. The molecule has 0 radical (unpaired) electrons. The van der Waals surface area contributed by atoms with Gasteiger partial charge in [-0.2, -0.15) is 0 Å². The highest BCUT2D eigenvalue weighted by Crippen LogP contribution is 2.36. The Balaban J connectivity index is 1.34. The average molecular weight is 512 g/mol. The Morgan fingerprint density at radius 3 is 2.61 bits per heavy atom. The summed E-state index contributed by atoms with van der Waals surface area (Å²) >= 11 is 3.48. The molecule has 0 bridgehead atoms. The number of hydrogen-bond donors (Lipinski definition) is 3. The third-order valence-electron chi connectivity index (χ3n) is 6.13. The van der Waals surface area contributed by atoms with Crippen molar-refractivity contribution >= 4 is 43.9 Å². The molecule has 1 saturated heterocycles. The Labute approximate surface area is 200 Å². The summed E-state index contributed by atoms with van der Waals surface area (Å²) in [7, 11) is 0. The fourth-order valence-corrected chi connectivity index (χ4v) is 4.75. The predicted octanol–water partition coefficient (Wildman–Crippen LogP) is 3.10. The number of aromatic hydroxyl groups is 1. The first-order valence-corrected chi connectivity index (χ1v) is 11.9. The average Bonchev–Trinajstić information content (AvgIpc) is 3.33. The smallest absolute Gasteiger partial charge is 0.199 e. The molecule has 0 unspecified atom stereocenters. The number of H-pyrrole nitrogens is 1. The molecule has 0 amide bonds. The lowest BCUT2D eigenvalue weighted by atomic mass is 10.0. The Bertz CT molecular complexity index is 1210. The monoisotopic (exact) mass is 511 g/mol. The van der Waals surface area contributed by atoms with E-state index in [1.165, 1.54) is 0 Å². The number of β-amino-alcohol motifs (C(OH)–C–C–N with tert-alkyl or cyclic N) is 1. The molecule has 5 rings (SSSR count). The van der Waals surface area contributed by atoms with Crippen molar-refractivity contribution in [1.82, 2.24) is 14.8 Å². The molecule has 172 valence electrons. The number of aliphatic hydroxyl groups is 1. The van der Waals surface area contributed by atoms with Crippen LogP contribution in [-0.2, 0) is 4.84 Å². The van der Waals surface area contributed by atoms with Crippen LogP contribution in [0.1, 0.15) is 11.1 Å². The SMILES string of the molecule is OCCN1CCN(CCON=C2C(c3c(O)[nH]c4cc(Br)ccc34)=Nc3ccccc32)CC1.